The molecule has 0 saturated heterocycles. The molecule has 0 atom stereocenters. The van der Waals surface area contributed by atoms with Crippen LogP contribution >= 0.6 is 0 Å². The van der Waals surface area contributed by atoms with Crippen molar-refractivity contribution < 1.29 is 9.53 Å². The average molecular weight is 238 g/mol. The molecule has 0 aliphatic heterocycles. The lowest BCUT2D eigenvalue weighted by atomic mass is 10.1. The van der Waals surface area contributed by atoms with Gasteiger partial charge in [0.1, 0.15) is 0 Å². The first-order valence-corrected chi connectivity index (χ1v) is 6.28. The van der Waals surface area contributed by atoms with Crippen molar-refractivity contribution in [2.75, 3.05) is 6.61 Å². The molecule has 17 heavy (non-hydrogen) atoms. The fraction of sp³-hybridized carbons (Fsp3) is 0.692. The topological polar surface area (TPSA) is 44.1 Å². The number of nitrogens with zero attached hydrogens (tertiary/aromatic N) is 2. The SMILES string of the molecule is CCCn1nc(C)c(CCC(=O)OCC)c1C. The van der Waals surface area contributed by atoms with E-state index in [1.54, 1.807) is 0 Å². The van der Waals surface area contributed by atoms with Gasteiger partial charge in [-0.2, -0.15) is 5.10 Å². The lowest BCUT2D eigenvalue weighted by Gasteiger charge is -2.04. The van der Waals surface area contributed by atoms with Gasteiger partial charge < -0.3 is 4.74 Å². The number of rotatable bonds is 6. The first-order valence-electron chi connectivity index (χ1n) is 6.28. The fourth-order valence-electron chi connectivity index (χ4n) is 1.99. The van der Waals surface area contributed by atoms with Crippen LogP contribution in [0.4, 0.5) is 0 Å². The Morgan fingerprint density at radius 2 is 2.06 bits per heavy atom. The third-order valence-corrected chi connectivity index (χ3v) is 2.85. The molecule has 1 heterocycles. The van der Waals surface area contributed by atoms with Gasteiger partial charge in [-0.25, -0.2) is 0 Å². The van der Waals surface area contributed by atoms with E-state index < -0.39 is 0 Å². The molecular formula is C13H22N2O2. The summed E-state index contributed by atoms with van der Waals surface area (Å²) in [6.07, 6.45) is 2.23. The van der Waals surface area contributed by atoms with Gasteiger partial charge >= 0.3 is 5.97 Å². The highest BCUT2D eigenvalue weighted by molar-refractivity contribution is 5.69. The Kier molecular flexibility index (Phi) is 5.19. The average Bonchev–Trinajstić information content (AvgIpc) is 2.53. The van der Waals surface area contributed by atoms with Crippen LogP contribution < -0.4 is 0 Å². The number of aromatic nitrogens is 2. The number of aryl methyl sites for hydroxylation is 2. The van der Waals surface area contributed by atoms with Gasteiger partial charge in [-0.3, -0.25) is 9.48 Å². The third kappa shape index (κ3) is 3.58. The van der Waals surface area contributed by atoms with Crippen molar-refractivity contribution in [1.29, 1.82) is 0 Å². The van der Waals surface area contributed by atoms with Crippen LogP contribution in [0.2, 0.25) is 0 Å². The van der Waals surface area contributed by atoms with E-state index in [1.807, 2.05) is 18.5 Å². The van der Waals surface area contributed by atoms with Crippen molar-refractivity contribution in [3.8, 4) is 0 Å². The second-order valence-corrected chi connectivity index (χ2v) is 4.18. The molecule has 1 aromatic heterocycles. The zero-order chi connectivity index (χ0) is 12.8. The molecule has 0 bridgehead atoms. The molecule has 96 valence electrons. The molecule has 0 amide bonds. The molecule has 0 unspecified atom stereocenters. The Hall–Kier alpha value is -1.32. The summed E-state index contributed by atoms with van der Waals surface area (Å²) in [7, 11) is 0. The summed E-state index contributed by atoms with van der Waals surface area (Å²) >= 11 is 0. The van der Waals surface area contributed by atoms with E-state index in [-0.39, 0.29) is 5.97 Å². The molecule has 0 radical (unpaired) electrons. The van der Waals surface area contributed by atoms with Crippen LogP contribution in [0.5, 0.6) is 0 Å². The van der Waals surface area contributed by atoms with Gasteiger partial charge in [0.2, 0.25) is 0 Å². The molecule has 0 fully saturated rings. The van der Waals surface area contributed by atoms with Gasteiger partial charge in [-0.15, -0.1) is 0 Å². The molecule has 4 nitrogen and oxygen atoms in total. The quantitative estimate of drug-likeness (QED) is 0.715. The van der Waals surface area contributed by atoms with Gasteiger partial charge in [-0.1, -0.05) is 6.92 Å². The van der Waals surface area contributed by atoms with Gasteiger partial charge in [0, 0.05) is 18.7 Å². The van der Waals surface area contributed by atoms with Crippen LogP contribution in [0.3, 0.4) is 0 Å². The maximum absolute atomic E-state index is 11.3. The molecule has 0 saturated carbocycles. The monoisotopic (exact) mass is 238 g/mol. The highest BCUT2D eigenvalue weighted by atomic mass is 16.5. The summed E-state index contributed by atoms with van der Waals surface area (Å²) in [4.78, 5) is 11.3. The van der Waals surface area contributed by atoms with Crippen LogP contribution in [0.1, 0.15) is 43.6 Å². The lowest BCUT2D eigenvalue weighted by Crippen LogP contribution is -2.06. The van der Waals surface area contributed by atoms with Crippen LogP contribution in [-0.4, -0.2) is 22.4 Å². The minimum Gasteiger partial charge on any atom is -0.466 e. The summed E-state index contributed by atoms with van der Waals surface area (Å²) in [6.45, 7) is 9.41. The second-order valence-electron chi connectivity index (χ2n) is 4.18. The number of ether oxygens (including phenoxy) is 1. The van der Waals surface area contributed by atoms with Crippen molar-refractivity contribution in [3.05, 3.63) is 17.0 Å². The Labute approximate surface area is 103 Å². The van der Waals surface area contributed by atoms with Crippen LogP contribution in [0, 0.1) is 13.8 Å². The first kappa shape index (κ1) is 13.7. The van der Waals surface area contributed by atoms with E-state index in [2.05, 4.69) is 18.9 Å². The minimum atomic E-state index is -0.130. The first-order chi connectivity index (χ1) is 8.10. The van der Waals surface area contributed by atoms with Gasteiger partial charge in [0.15, 0.2) is 0 Å². The Morgan fingerprint density at radius 1 is 1.35 bits per heavy atom. The molecule has 0 aliphatic rings. The zero-order valence-electron chi connectivity index (χ0n) is 11.2. The van der Waals surface area contributed by atoms with Crippen LogP contribution in [-0.2, 0) is 22.5 Å². The van der Waals surface area contributed by atoms with Gasteiger partial charge in [0.25, 0.3) is 0 Å². The standard InChI is InChI=1S/C13H22N2O2/c1-5-9-15-11(4)12(10(3)14-15)7-8-13(16)17-6-2/h5-9H2,1-4H3. The highest BCUT2D eigenvalue weighted by Crippen LogP contribution is 2.15. The van der Waals surface area contributed by atoms with E-state index in [4.69, 9.17) is 4.74 Å². The predicted octanol–water partition coefficient (Wildman–Crippen LogP) is 2.41. The second kappa shape index (κ2) is 6.42. The maximum Gasteiger partial charge on any atom is 0.306 e. The Morgan fingerprint density at radius 3 is 2.65 bits per heavy atom. The van der Waals surface area contributed by atoms with Crippen molar-refractivity contribution in [3.63, 3.8) is 0 Å². The molecule has 1 aromatic rings. The number of esters is 1. The summed E-state index contributed by atoms with van der Waals surface area (Å²) in [6, 6.07) is 0. The van der Waals surface area contributed by atoms with Gasteiger partial charge in [0.05, 0.1) is 12.3 Å². The largest absolute Gasteiger partial charge is 0.466 e. The van der Waals surface area contributed by atoms with Crippen molar-refractivity contribution in [1.82, 2.24) is 9.78 Å². The minimum absolute atomic E-state index is 0.130. The normalized spacial score (nSPS) is 10.6. The van der Waals surface area contributed by atoms with Crippen LogP contribution in [0.15, 0.2) is 0 Å². The summed E-state index contributed by atoms with van der Waals surface area (Å²) in [5, 5.41) is 4.49. The van der Waals surface area contributed by atoms with E-state index in [1.165, 1.54) is 11.3 Å². The number of carbonyl (C=O) groups excluding carboxylic acids is 1. The molecule has 0 aromatic carbocycles. The molecule has 4 heteroatoms. The Balaban J connectivity index is 2.67. The van der Waals surface area contributed by atoms with E-state index >= 15 is 0 Å². The number of hydrogen-bond acceptors (Lipinski definition) is 3. The van der Waals surface area contributed by atoms with E-state index in [0.717, 1.165) is 25.1 Å². The van der Waals surface area contributed by atoms with Crippen LogP contribution in [0.25, 0.3) is 0 Å². The summed E-state index contributed by atoms with van der Waals surface area (Å²) < 4.78 is 6.96. The van der Waals surface area contributed by atoms with E-state index in [9.17, 15) is 4.79 Å². The molecule has 0 N–H and O–H groups in total. The molecule has 0 aliphatic carbocycles. The number of hydrogen-bond donors (Lipinski definition) is 0. The summed E-state index contributed by atoms with van der Waals surface area (Å²) in [5.74, 6) is -0.130. The van der Waals surface area contributed by atoms with Crippen molar-refractivity contribution >= 4 is 5.97 Å². The third-order valence-electron chi connectivity index (χ3n) is 2.85. The zero-order valence-corrected chi connectivity index (χ0v) is 11.2. The Bertz CT molecular complexity index is 383. The molecule has 0 spiro atoms. The smallest absolute Gasteiger partial charge is 0.306 e. The molecule has 1 rings (SSSR count). The molecular weight excluding hydrogens is 216 g/mol. The number of carbonyl (C=O) groups is 1. The highest BCUT2D eigenvalue weighted by Gasteiger charge is 2.12. The van der Waals surface area contributed by atoms with E-state index in [0.29, 0.717) is 13.0 Å². The lowest BCUT2D eigenvalue weighted by molar-refractivity contribution is -0.143. The predicted molar refractivity (Wildman–Crippen MR) is 66.9 cm³/mol. The maximum atomic E-state index is 11.3. The van der Waals surface area contributed by atoms with Crippen molar-refractivity contribution in [2.45, 2.75) is 53.5 Å². The van der Waals surface area contributed by atoms with Crippen molar-refractivity contribution in [2.24, 2.45) is 0 Å². The fourth-order valence-corrected chi connectivity index (χ4v) is 1.99. The van der Waals surface area contributed by atoms with Gasteiger partial charge in [-0.05, 0) is 39.2 Å². The summed E-state index contributed by atoms with van der Waals surface area (Å²) in [5.41, 5.74) is 3.39.